The van der Waals surface area contributed by atoms with E-state index in [1.807, 2.05) is 6.07 Å². The molecule has 1 N–H and O–H groups in total. The molecule has 0 aliphatic heterocycles. The van der Waals surface area contributed by atoms with Crippen LogP contribution in [-0.4, -0.2) is 43.1 Å². The molecule has 0 bridgehead atoms. The van der Waals surface area contributed by atoms with Crippen molar-refractivity contribution in [3.05, 3.63) is 0 Å². The molecule has 0 unspecified atom stereocenters. The van der Waals surface area contributed by atoms with Gasteiger partial charge in [-0.25, -0.2) is 8.42 Å². The lowest BCUT2D eigenvalue weighted by atomic mass is 10.4. The topological polar surface area (TPSA) is 98.5 Å². The second kappa shape index (κ2) is 5.57. The second-order valence-corrected chi connectivity index (χ2v) is 4.92. The average Bonchev–Trinajstić information content (AvgIpc) is 2.03. The molecular weight excluding hydrogens is 208 g/mol. The quantitative estimate of drug-likeness (QED) is 0.616. The zero-order valence-electron chi connectivity index (χ0n) is 7.80. The zero-order chi connectivity index (χ0) is 11.2. The van der Waals surface area contributed by atoms with Crippen LogP contribution in [0.4, 0.5) is 0 Å². The van der Waals surface area contributed by atoms with Crippen molar-refractivity contribution in [3.8, 4) is 6.07 Å². The highest BCUT2D eigenvalue weighted by Gasteiger charge is 2.19. The molecule has 0 aromatic carbocycles. The average molecular weight is 220 g/mol. The van der Waals surface area contributed by atoms with E-state index < -0.39 is 22.5 Å². The first kappa shape index (κ1) is 12.9. The summed E-state index contributed by atoms with van der Waals surface area (Å²) in [5.74, 6) is -1.39. The van der Waals surface area contributed by atoms with Crippen LogP contribution in [-0.2, 0) is 14.8 Å². The highest BCUT2D eigenvalue weighted by atomic mass is 32.2. The van der Waals surface area contributed by atoms with E-state index in [2.05, 4.69) is 0 Å². The first-order valence-corrected chi connectivity index (χ1v) is 5.54. The molecule has 0 aliphatic carbocycles. The third kappa shape index (κ3) is 4.79. The van der Waals surface area contributed by atoms with Gasteiger partial charge in [-0.15, -0.1) is 0 Å². The third-order valence-electron chi connectivity index (χ3n) is 1.52. The summed E-state index contributed by atoms with van der Waals surface area (Å²) in [6.07, 6.45) is 0.378. The number of nitrogens with zero attached hydrogens (tertiary/aromatic N) is 2. The van der Waals surface area contributed by atoms with Crippen LogP contribution in [0.3, 0.4) is 0 Å². The van der Waals surface area contributed by atoms with Crippen LogP contribution in [0.1, 0.15) is 12.8 Å². The minimum atomic E-state index is -3.53. The van der Waals surface area contributed by atoms with Gasteiger partial charge in [0, 0.05) is 13.5 Å². The summed E-state index contributed by atoms with van der Waals surface area (Å²) in [4.78, 5) is 10.2. The number of nitriles is 1. The molecule has 0 fully saturated rings. The third-order valence-corrected chi connectivity index (χ3v) is 3.41. The molecule has 0 heterocycles. The minimum Gasteiger partial charge on any atom is -0.480 e. The van der Waals surface area contributed by atoms with Gasteiger partial charge in [0.05, 0.1) is 11.8 Å². The van der Waals surface area contributed by atoms with Gasteiger partial charge in [0.1, 0.15) is 6.54 Å². The van der Waals surface area contributed by atoms with Crippen molar-refractivity contribution in [1.82, 2.24) is 4.31 Å². The fourth-order valence-electron chi connectivity index (χ4n) is 0.778. The number of hydrogen-bond donors (Lipinski definition) is 1. The Morgan fingerprint density at radius 1 is 1.57 bits per heavy atom. The largest absolute Gasteiger partial charge is 0.480 e. The number of likely N-dealkylation sites (N-methyl/N-ethyl adjacent to an activating group) is 1. The monoisotopic (exact) mass is 220 g/mol. The predicted molar refractivity (Wildman–Crippen MR) is 48.9 cm³/mol. The first-order chi connectivity index (χ1) is 6.40. The maximum Gasteiger partial charge on any atom is 0.318 e. The molecule has 80 valence electrons. The van der Waals surface area contributed by atoms with Crippen molar-refractivity contribution in [2.24, 2.45) is 0 Å². The van der Waals surface area contributed by atoms with Crippen molar-refractivity contribution in [1.29, 1.82) is 5.26 Å². The minimum absolute atomic E-state index is 0.153. The molecule has 0 aliphatic rings. The van der Waals surface area contributed by atoms with Gasteiger partial charge in [-0.05, 0) is 6.42 Å². The number of rotatable bonds is 6. The smallest absolute Gasteiger partial charge is 0.318 e. The van der Waals surface area contributed by atoms with Gasteiger partial charge in [0.2, 0.25) is 10.0 Å². The lowest BCUT2D eigenvalue weighted by Crippen LogP contribution is -2.33. The molecule has 0 saturated carbocycles. The predicted octanol–water partition coefficient (Wildman–Crippen LogP) is -0.364. The van der Waals surface area contributed by atoms with E-state index in [1.165, 1.54) is 7.05 Å². The Bertz CT molecular complexity index is 330. The van der Waals surface area contributed by atoms with Gasteiger partial charge < -0.3 is 5.11 Å². The molecule has 0 rings (SSSR count). The Hall–Kier alpha value is -1.13. The van der Waals surface area contributed by atoms with Crippen LogP contribution < -0.4 is 0 Å². The molecule has 0 aromatic heterocycles. The van der Waals surface area contributed by atoms with Crippen molar-refractivity contribution >= 4 is 16.0 Å². The molecule has 0 saturated heterocycles. The van der Waals surface area contributed by atoms with Gasteiger partial charge in [-0.1, -0.05) is 0 Å². The Balaban J connectivity index is 4.19. The van der Waals surface area contributed by atoms with Crippen molar-refractivity contribution in [2.75, 3.05) is 19.3 Å². The molecule has 7 heteroatoms. The fraction of sp³-hybridized carbons (Fsp3) is 0.714. The van der Waals surface area contributed by atoms with Crippen LogP contribution in [0.25, 0.3) is 0 Å². The number of unbranched alkanes of at least 4 members (excludes halogenated alkanes) is 1. The number of carbonyl (C=O) groups is 1. The van der Waals surface area contributed by atoms with Gasteiger partial charge in [0.15, 0.2) is 0 Å². The van der Waals surface area contributed by atoms with E-state index in [0.717, 1.165) is 4.31 Å². The number of aliphatic carboxylic acids is 1. The molecule has 0 amide bonds. The van der Waals surface area contributed by atoms with E-state index in [9.17, 15) is 13.2 Å². The van der Waals surface area contributed by atoms with E-state index in [-0.39, 0.29) is 18.6 Å². The molecule has 0 aromatic rings. The molecule has 0 radical (unpaired) electrons. The molecule has 6 nitrogen and oxygen atoms in total. The Morgan fingerprint density at radius 3 is 2.57 bits per heavy atom. The number of carboxylic acid groups (broad SMARTS) is 1. The van der Waals surface area contributed by atoms with Gasteiger partial charge >= 0.3 is 5.97 Å². The van der Waals surface area contributed by atoms with E-state index in [1.54, 1.807) is 0 Å². The molecule has 0 atom stereocenters. The van der Waals surface area contributed by atoms with Crippen LogP contribution in [0.5, 0.6) is 0 Å². The summed E-state index contributed by atoms with van der Waals surface area (Å²) >= 11 is 0. The van der Waals surface area contributed by atoms with Gasteiger partial charge in [-0.3, -0.25) is 4.79 Å². The highest BCUT2D eigenvalue weighted by molar-refractivity contribution is 7.89. The summed E-state index contributed by atoms with van der Waals surface area (Å²) in [7, 11) is -2.32. The summed E-state index contributed by atoms with van der Waals surface area (Å²) < 4.78 is 23.4. The van der Waals surface area contributed by atoms with Crippen LogP contribution in [0.15, 0.2) is 0 Å². The van der Waals surface area contributed by atoms with Gasteiger partial charge in [-0.2, -0.15) is 9.57 Å². The van der Waals surface area contributed by atoms with E-state index in [0.29, 0.717) is 0 Å². The van der Waals surface area contributed by atoms with Crippen molar-refractivity contribution < 1.29 is 18.3 Å². The molecule has 0 spiro atoms. The normalized spacial score (nSPS) is 11.2. The SMILES string of the molecule is CN(CC(=O)O)S(=O)(=O)CCCC#N. The Labute approximate surface area is 82.8 Å². The van der Waals surface area contributed by atoms with Crippen molar-refractivity contribution in [2.45, 2.75) is 12.8 Å². The van der Waals surface area contributed by atoms with Gasteiger partial charge in [0.25, 0.3) is 0 Å². The summed E-state index contributed by atoms with van der Waals surface area (Å²) in [5, 5.41) is 16.6. The van der Waals surface area contributed by atoms with E-state index >= 15 is 0 Å². The lowest BCUT2D eigenvalue weighted by molar-refractivity contribution is -0.137. The first-order valence-electron chi connectivity index (χ1n) is 3.93. The number of sulfonamides is 1. The maximum atomic E-state index is 11.3. The summed E-state index contributed by atoms with van der Waals surface area (Å²) in [6, 6.07) is 1.82. The standard InChI is InChI=1S/C7H12N2O4S/c1-9(6-7(10)11)14(12,13)5-3-2-4-8/h2-3,5-6H2,1H3,(H,10,11). The van der Waals surface area contributed by atoms with E-state index in [4.69, 9.17) is 10.4 Å². The Morgan fingerprint density at radius 2 is 2.14 bits per heavy atom. The number of hydrogen-bond acceptors (Lipinski definition) is 4. The highest BCUT2D eigenvalue weighted by Crippen LogP contribution is 2.01. The molecular formula is C7H12N2O4S. The number of carboxylic acids is 1. The fourth-order valence-corrected chi connectivity index (χ4v) is 1.91. The van der Waals surface area contributed by atoms with Crippen LogP contribution in [0.2, 0.25) is 0 Å². The van der Waals surface area contributed by atoms with Crippen LogP contribution in [0, 0.1) is 11.3 Å². The molecule has 14 heavy (non-hydrogen) atoms. The van der Waals surface area contributed by atoms with Crippen LogP contribution >= 0.6 is 0 Å². The lowest BCUT2D eigenvalue weighted by Gasteiger charge is -2.13. The maximum absolute atomic E-state index is 11.3. The summed E-state index contributed by atoms with van der Waals surface area (Å²) in [5.41, 5.74) is 0. The summed E-state index contributed by atoms with van der Waals surface area (Å²) in [6.45, 7) is -0.547. The zero-order valence-corrected chi connectivity index (χ0v) is 8.62. The Kier molecular flexibility index (Phi) is 5.12. The second-order valence-electron chi connectivity index (χ2n) is 2.73. The van der Waals surface area contributed by atoms with Crippen molar-refractivity contribution in [3.63, 3.8) is 0 Å².